The molecule has 1 aliphatic carbocycles. The molecule has 32 heavy (non-hydrogen) atoms. The van der Waals surface area contributed by atoms with Gasteiger partial charge in [0.25, 0.3) is 6.47 Å². The Morgan fingerprint density at radius 2 is 1.84 bits per heavy atom. The summed E-state index contributed by atoms with van der Waals surface area (Å²) < 4.78 is 14.6. The van der Waals surface area contributed by atoms with Crippen molar-refractivity contribution in [2.45, 2.75) is 59.1 Å². The number of hydrogen-bond donors (Lipinski definition) is 2. The lowest BCUT2D eigenvalue weighted by Crippen LogP contribution is -2.23. The lowest BCUT2D eigenvalue weighted by molar-refractivity contribution is -0.122. The summed E-state index contributed by atoms with van der Waals surface area (Å²) in [6, 6.07) is 1.54. The van der Waals surface area contributed by atoms with Gasteiger partial charge in [0, 0.05) is 30.6 Å². The Labute approximate surface area is 187 Å². The molecule has 0 atom stereocenters. The maximum absolute atomic E-state index is 14.6. The summed E-state index contributed by atoms with van der Waals surface area (Å²) in [7, 11) is 1.98. The number of aldehydes is 1. The third kappa shape index (κ3) is 4.05. The average Bonchev–Trinajstić information content (AvgIpc) is 3.04. The van der Waals surface area contributed by atoms with Gasteiger partial charge in [0.1, 0.15) is 12.1 Å². The molecule has 1 aromatic heterocycles. The molecule has 2 aliphatic rings. The standard InChI is InChI=1S/C24H27FN2O2.CH2O2/c1-13(12-28)18(24(3,4)29)9-21-23-17(11-27(21)5)16-8-6-7-15-14(2)19(25)10-20(26-23)22(15)16;2-1-3/h9-10,12,29H,6-8,11H2,1-5H3;1H,(H,2,3)/b18-13+,21-9-;. The Balaban J connectivity index is 0.000000913. The van der Waals surface area contributed by atoms with Gasteiger partial charge in [-0.1, -0.05) is 0 Å². The quantitative estimate of drug-likeness (QED) is 0.555. The number of carbonyl (C=O) groups is 2. The third-order valence-electron chi connectivity index (χ3n) is 6.26. The number of halogens is 1. The van der Waals surface area contributed by atoms with Crippen LogP contribution in [0.15, 0.2) is 23.3 Å². The summed E-state index contributed by atoms with van der Waals surface area (Å²) in [5.41, 5.74) is 6.52. The van der Waals surface area contributed by atoms with E-state index in [1.165, 1.54) is 11.1 Å². The number of nitrogens with zero attached hydrogens (tertiary/aromatic N) is 2. The zero-order chi connectivity index (χ0) is 23.8. The Kier molecular flexibility index (Phi) is 6.51. The largest absolute Gasteiger partial charge is 0.483 e. The van der Waals surface area contributed by atoms with Gasteiger partial charge in [-0.05, 0) is 80.9 Å². The van der Waals surface area contributed by atoms with Crippen LogP contribution in [0.4, 0.5) is 4.39 Å². The summed E-state index contributed by atoms with van der Waals surface area (Å²) in [6.07, 6.45) is 5.47. The third-order valence-corrected chi connectivity index (χ3v) is 6.26. The minimum atomic E-state index is -1.16. The lowest BCUT2D eigenvalue weighted by atomic mass is 9.85. The molecule has 7 heteroatoms. The van der Waals surface area contributed by atoms with E-state index >= 15 is 0 Å². The molecule has 6 nitrogen and oxygen atoms in total. The molecule has 0 bridgehead atoms. The van der Waals surface area contributed by atoms with Crippen LogP contribution in [0.2, 0.25) is 0 Å². The second-order valence-electron chi connectivity index (χ2n) is 8.89. The van der Waals surface area contributed by atoms with Crippen LogP contribution in [0, 0.1) is 12.7 Å². The van der Waals surface area contributed by atoms with Crippen molar-refractivity contribution in [1.29, 1.82) is 0 Å². The fourth-order valence-corrected chi connectivity index (χ4v) is 4.76. The van der Waals surface area contributed by atoms with Crippen molar-refractivity contribution in [3.05, 3.63) is 57.1 Å². The van der Waals surface area contributed by atoms with Crippen LogP contribution in [0.25, 0.3) is 16.6 Å². The summed E-state index contributed by atoms with van der Waals surface area (Å²) in [4.78, 5) is 26.7. The van der Waals surface area contributed by atoms with Crippen molar-refractivity contribution in [3.63, 3.8) is 0 Å². The summed E-state index contributed by atoms with van der Waals surface area (Å²) >= 11 is 0. The van der Waals surface area contributed by atoms with E-state index in [0.29, 0.717) is 23.2 Å². The van der Waals surface area contributed by atoms with Crippen LogP contribution in [-0.2, 0) is 29.0 Å². The number of aromatic nitrogens is 1. The van der Waals surface area contributed by atoms with Gasteiger partial charge in [0.15, 0.2) is 0 Å². The van der Waals surface area contributed by atoms with Crippen molar-refractivity contribution in [2.24, 2.45) is 0 Å². The number of aryl methyl sites for hydroxylation is 2. The van der Waals surface area contributed by atoms with Crippen LogP contribution >= 0.6 is 0 Å². The molecule has 0 spiro atoms. The smallest absolute Gasteiger partial charge is 0.290 e. The number of carbonyl (C=O) groups excluding carboxylic acids is 1. The average molecular weight is 441 g/mol. The van der Waals surface area contributed by atoms with E-state index in [1.54, 1.807) is 26.8 Å². The maximum Gasteiger partial charge on any atom is 0.290 e. The normalized spacial score (nSPS) is 17.0. The molecule has 0 saturated carbocycles. The molecule has 0 radical (unpaired) electrons. The molecular weight excluding hydrogens is 411 g/mol. The summed E-state index contributed by atoms with van der Waals surface area (Å²) in [5.74, 6) is -0.210. The van der Waals surface area contributed by atoms with Gasteiger partial charge in [0.2, 0.25) is 0 Å². The summed E-state index contributed by atoms with van der Waals surface area (Å²) in [5, 5.41) is 18.6. The second-order valence-corrected chi connectivity index (χ2v) is 8.89. The number of hydrogen-bond acceptors (Lipinski definition) is 5. The highest BCUT2D eigenvalue weighted by atomic mass is 19.1. The first-order valence-electron chi connectivity index (χ1n) is 10.6. The number of aliphatic hydroxyl groups is 1. The first kappa shape index (κ1) is 23.6. The highest BCUT2D eigenvalue weighted by Crippen LogP contribution is 2.42. The van der Waals surface area contributed by atoms with Crippen molar-refractivity contribution < 1.29 is 24.2 Å². The van der Waals surface area contributed by atoms with Gasteiger partial charge in [-0.15, -0.1) is 0 Å². The first-order chi connectivity index (χ1) is 15.0. The molecule has 0 amide bonds. The molecule has 0 fully saturated rings. The molecule has 0 saturated heterocycles. The molecular formula is C25H29FN2O4. The van der Waals surface area contributed by atoms with E-state index in [0.717, 1.165) is 53.5 Å². The highest BCUT2D eigenvalue weighted by molar-refractivity contribution is 5.92. The molecule has 1 aliphatic heterocycles. The van der Waals surface area contributed by atoms with E-state index in [9.17, 15) is 14.3 Å². The van der Waals surface area contributed by atoms with Crippen molar-refractivity contribution in [3.8, 4) is 0 Å². The molecule has 1 aromatic carbocycles. The minimum Gasteiger partial charge on any atom is -0.483 e. The van der Waals surface area contributed by atoms with Crippen LogP contribution in [0.5, 0.6) is 0 Å². The van der Waals surface area contributed by atoms with Gasteiger partial charge in [0.05, 0.1) is 22.5 Å². The van der Waals surface area contributed by atoms with E-state index in [-0.39, 0.29) is 12.3 Å². The molecule has 2 heterocycles. The van der Waals surface area contributed by atoms with Crippen LogP contribution in [-0.4, -0.2) is 45.5 Å². The van der Waals surface area contributed by atoms with E-state index in [1.807, 2.05) is 20.0 Å². The second kappa shape index (κ2) is 8.82. The van der Waals surface area contributed by atoms with Crippen LogP contribution < -0.4 is 0 Å². The predicted octanol–water partition coefficient (Wildman–Crippen LogP) is 3.94. The zero-order valence-electron chi connectivity index (χ0n) is 19.1. The Bertz CT molecular complexity index is 1160. The Morgan fingerprint density at radius 3 is 2.44 bits per heavy atom. The molecule has 2 N–H and O–H groups in total. The van der Waals surface area contributed by atoms with Gasteiger partial charge in [-0.2, -0.15) is 0 Å². The van der Waals surface area contributed by atoms with Gasteiger partial charge in [-0.3, -0.25) is 9.59 Å². The van der Waals surface area contributed by atoms with Crippen molar-refractivity contribution >= 4 is 29.4 Å². The van der Waals surface area contributed by atoms with Crippen LogP contribution in [0.1, 0.15) is 55.1 Å². The van der Waals surface area contributed by atoms with E-state index in [2.05, 4.69) is 4.90 Å². The fourth-order valence-electron chi connectivity index (χ4n) is 4.76. The Morgan fingerprint density at radius 1 is 1.22 bits per heavy atom. The summed E-state index contributed by atoms with van der Waals surface area (Å²) in [6.45, 7) is 7.37. The van der Waals surface area contributed by atoms with Crippen LogP contribution in [0.3, 0.4) is 0 Å². The van der Waals surface area contributed by atoms with Gasteiger partial charge < -0.3 is 15.1 Å². The number of fused-ring (bicyclic) bond motifs is 2. The topological polar surface area (TPSA) is 90.7 Å². The SMILES string of the molecule is C/C(C=O)=C(/C=C1/c2nc3cc(F)c(C)c4c3c(c2CN1C)CCC4)C(C)(C)O.O=CO. The monoisotopic (exact) mass is 440 g/mol. The first-order valence-corrected chi connectivity index (χ1v) is 10.6. The van der Waals surface area contributed by atoms with Gasteiger partial charge >= 0.3 is 0 Å². The number of benzene rings is 1. The molecule has 170 valence electrons. The van der Waals surface area contributed by atoms with E-state index < -0.39 is 5.60 Å². The van der Waals surface area contributed by atoms with Crippen molar-refractivity contribution in [1.82, 2.24) is 9.88 Å². The lowest BCUT2D eigenvalue weighted by Gasteiger charge is -2.23. The maximum atomic E-state index is 14.6. The number of pyridine rings is 1. The fraction of sp³-hybridized carbons (Fsp3) is 0.400. The number of rotatable bonds is 3. The Hall–Kier alpha value is -3.06. The van der Waals surface area contributed by atoms with E-state index in [4.69, 9.17) is 14.9 Å². The number of carboxylic acid groups (broad SMARTS) is 1. The molecule has 4 rings (SSSR count). The van der Waals surface area contributed by atoms with Gasteiger partial charge in [-0.25, -0.2) is 9.37 Å². The molecule has 2 aromatic rings. The molecule has 0 unspecified atom stereocenters. The minimum absolute atomic E-state index is 0.210. The highest BCUT2D eigenvalue weighted by Gasteiger charge is 2.31. The van der Waals surface area contributed by atoms with Crippen molar-refractivity contribution in [2.75, 3.05) is 7.05 Å². The number of allylic oxidation sites excluding steroid dienone is 1. The zero-order valence-corrected chi connectivity index (χ0v) is 19.1. The predicted molar refractivity (Wildman–Crippen MR) is 122 cm³/mol.